The lowest BCUT2D eigenvalue weighted by atomic mass is 10.0. The van der Waals surface area contributed by atoms with Gasteiger partial charge in [-0.1, -0.05) is 168 Å². The van der Waals surface area contributed by atoms with Gasteiger partial charge in [0.1, 0.15) is 12.4 Å². The van der Waals surface area contributed by atoms with Crippen molar-refractivity contribution in [2.75, 3.05) is 0 Å². The van der Waals surface area contributed by atoms with Crippen LogP contribution >= 0.6 is 0 Å². The van der Waals surface area contributed by atoms with E-state index in [0.717, 1.165) is 0 Å². The minimum Gasteiger partial charge on any atom is -0.234 e. The molecule has 0 fully saturated rings. The SMILES string of the molecule is CCCCCCCCCCCCCCCCC[n+]1ccn(CCCCCCCC)c1CCCCCCCCC. The Morgan fingerprint density at radius 1 is 0.436 bits per heavy atom. The van der Waals surface area contributed by atoms with Crippen molar-refractivity contribution in [3.05, 3.63) is 18.2 Å². The molecule has 1 heterocycles. The first kappa shape index (κ1) is 36.2. The van der Waals surface area contributed by atoms with Crippen molar-refractivity contribution in [2.45, 2.75) is 220 Å². The van der Waals surface area contributed by atoms with E-state index in [1.807, 2.05) is 0 Å². The van der Waals surface area contributed by atoms with Crippen LogP contribution in [0.3, 0.4) is 0 Å². The molecule has 0 saturated carbocycles. The molecule has 1 rings (SSSR count). The van der Waals surface area contributed by atoms with Gasteiger partial charge in [0.25, 0.3) is 5.82 Å². The highest BCUT2D eigenvalue weighted by molar-refractivity contribution is 4.84. The molecule has 2 heteroatoms. The van der Waals surface area contributed by atoms with Crippen LogP contribution in [-0.2, 0) is 19.5 Å². The van der Waals surface area contributed by atoms with Gasteiger partial charge in [-0.25, -0.2) is 9.13 Å². The summed E-state index contributed by atoms with van der Waals surface area (Å²) < 4.78 is 5.23. The second-order valence-electron chi connectivity index (χ2n) is 12.7. The Kier molecular flexibility index (Phi) is 26.7. The third-order valence-corrected chi connectivity index (χ3v) is 8.85. The normalized spacial score (nSPS) is 11.6. The number of aromatic nitrogens is 2. The third-order valence-electron chi connectivity index (χ3n) is 8.85. The van der Waals surface area contributed by atoms with Gasteiger partial charge in [-0.3, -0.25) is 0 Å². The van der Waals surface area contributed by atoms with Gasteiger partial charge in [-0.2, -0.15) is 0 Å². The van der Waals surface area contributed by atoms with E-state index >= 15 is 0 Å². The van der Waals surface area contributed by atoms with Crippen molar-refractivity contribution in [3.8, 4) is 0 Å². The van der Waals surface area contributed by atoms with Gasteiger partial charge in [0.15, 0.2) is 0 Å². The summed E-state index contributed by atoms with van der Waals surface area (Å²) in [5, 5.41) is 0. The van der Waals surface area contributed by atoms with E-state index in [2.05, 4.69) is 42.3 Å². The lowest BCUT2D eigenvalue weighted by molar-refractivity contribution is -0.704. The Balaban J connectivity index is 2.21. The minimum atomic E-state index is 1.23. The van der Waals surface area contributed by atoms with Crippen LogP contribution < -0.4 is 4.57 Å². The second-order valence-corrected chi connectivity index (χ2v) is 12.7. The van der Waals surface area contributed by atoms with Crippen LogP contribution in [0, 0.1) is 0 Å². The molecule has 0 bridgehead atoms. The number of hydrogen-bond donors (Lipinski definition) is 0. The van der Waals surface area contributed by atoms with E-state index in [0.29, 0.717) is 0 Å². The van der Waals surface area contributed by atoms with E-state index in [-0.39, 0.29) is 0 Å². The van der Waals surface area contributed by atoms with Crippen LogP contribution in [0.4, 0.5) is 0 Å². The van der Waals surface area contributed by atoms with Crippen molar-refractivity contribution in [2.24, 2.45) is 0 Å². The first-order chi connectivity index (χ1) is 19.3. The first-order valence-electron chi connectivity index (χ1n) is 18.4. The lowest BCUT2D eigenvalue weighted by Gasteiger charge is -2.07. The van der Waals surface area contributed by atoms with Gasteiger partial charge in [0.05, 0.1) is 13.1 Å². The molecule has 0 radical (unpaired) electrons. The summed E-state index contributed by atoms with van der Waals surface area (Å²) in [7, 11) is 0. The predicted octanol–water partition coefficient (Wildman–Crippen LogP) is 12.3. The molecule has 0 amide bonds. The average Bonchev–Trinajstić information content (AvgIpc) is 3.33. The molecule has 0 spiro atoms. The molecule has 0 atom stereocenters. The van der Waals surface area contributed by atoms with Crippen molar-refractivity contribution >= 4 is 0 Å². The Labute approximate surface area is 247 Å². The van der Waals surface area contributed by atoms with Crippen molar-refractivity contribution < 1.29 is 4.57 Å². The fourth-order valence-electron chi connectivity index (χ4n) is 6.15. The second kappa shape index (κ2) is 28.7. The van der Waals surface area contributed by atoms with Crippen LogP contribution in [0.5, 0.6) is 0 Å². The molecular formula is C37H73N2+. The molecule has 230 valence electrons. The fourth-order valence-corrected chi connectivity index (χ4v) is 6.15. The molecule has 39 heavy (non-hydrogen) atoms. The molecular weight excluding hydrogens is 472 g/mol. The maximum atomic E-state index is 2.62. The molecule has 1 aromatic rings. The fraction of sp³-hybridized carbons (Fsp3) is 0.919. The monoisotopic (exact) mass is 546 g/mol. The van der Waals surface area contributed by atoms with E-state index < -0.39 is 0 Å². The minimum absolute atomic E-state index is 1.23. The van der Waals surface area contributed by atoms with Gasteiger partial charge in [0.2, 0.25) is 0 Å². The standard InChI is InChI=1S/C37H73N2/c1-4-7-10-13-16-17-18-19-20-21-22-23-25-28-31-34-39-36-35-38(33-30-27-15-12-9-6-3)37(39)32-29-26-24-14-11-8-5-2/h35-36H,4-34H2,1-3H3/q+1. The highest BCUT2D eigenvalue weighted by Gasteiger charge is 2.16. The zero-order chi connectivity index (χ0) is 28.1. The van der Waals surface area contributed by atoms with Crippen LogP contribution in [-0.4, -0.2) is 4.57 Å². The molecule has 0 N–H and O–H groups in total. The Hall–Kier alpha value is -0.790. The Bertz CT molecular complexity index is 605. The first-order valence-corrected chi connectivity index (χ1v) is 18.4. The number of imidazole rings is 1. The number of nitrogens with zero attached hydrogens (tertiary/aromatic N) is 2. The van der Waals surface area contributed by atoms with Gasteiger partial charge < -0.3 is 0 Å². The Morgan fingerprint density at radius 3 is 1.23 bits per heavy atom. The highest BCUT2D eigenvalue weighted by atomic mass is 15.1. The van der Waals surface area contributed by atoms with Gasteiger partial charge >= 0.3 is 0 Å². The van der Waals surface area contributed by atoms with E-state index in [9.17, 15) is 0 Å². The maximum absolute atomic E-state index is 2.62. The van der Waals surface area contributed by atoms with Gasteiger partial charge in [0, 0.05) is 6.42 Å². The van der Waals surface area contributed by atoms with Crippen LogP contribution in [0.25, 0.3) is 0 Å². The topological polar surface area (TPSA) is 8.81 Å². The van der Waals surface area contributed by atoms with Crippen molar-refractivity contribution in [1.82, 2.24) is 4.57 Å². The van der Waals surface area contributed by atoms with Crippen LogP contribution in [0.1, 0.15) is 206 Å². The summed E-state index contributed by atoms with van der Waals surface area (Å²) >= 11 is 0. The summed E-state index contributed by atoms with van der Waals surface area (Å²) in [6.45, 7) is 9.39. The van der Waals surface area contributed by atoms with Crippen molar-refractivity contribution in [1.29, 1.82) is 0 Å². The Morgan fingerprint density at radius 2 is 0.795 bits per heavy atom. The zero-order valence-corrected chi connectivity index (χ0v) is 27.5. The lowest BCUT2D eigenvalue weighted by Crippen LogP contribution is -2.37. The molecule has 0 aliphatic rings. The zero-order valence-electron chi connectivity index (χ0n) is 27.5. The van der Waals surface area contributed by atoms with E-state index in [1.54, 1.807) is 5.82 Å². The maximum Gasteiger partial charge on any atom is 0.256 e. The molecule has 0 aliphatic carbocycles. The summed E-state index contributed by atoms with van der Waals surface area (Å²) in [4.78, 5) is 0. The molecule has 0 aromatic carbocycles. The van der Waals surface area contributed by atoms with Gasteiger partial charge in [-0.05, 0) is 32.1 Å². The quantitative estimate of drug-likeness (QED) is 0.0648. The summed E-state index contributed by atoms with van der Waals surface area (Å²) in [5.74, 6) is 1.61. The van der Waals surface area contributed by atoms with E-state index in [1.165, 1.54) is 199 Å². The third kappa shape index (κ3) is 21.6. The number of unbranched alkanes of at least 4 members (excludes halogenated alkanes) is 25. The molecule has 0 saturated heterocycles. The summed E-state index contributed by atoms with van der Waals surface area (Å²) in [6, 6.07) is 0. The van der Waals surface area contributed by atoms with E-state index in [4.69, 9.17) is 0 Å². The van der Waals surface area contributed by atoms with Crippen molar-refractivity contribution in [3.63, 3.8) is 0 Å². The largest absolute Gasteiger partial charge is 0.256 e. The molecule has 2 nitrogen and oxygen atoms in total. The summed E-state index contributed by atoms with van der Waals surface area (Å²) in [6.07, 6.45) is 45.9. The average molecular weight is 546 g/mol. The smallest absolute Gasteiger partial charge is 0.234 e. The molecule has 0 unspecified atom stereocenters. The van der Waals surface area contributed by atoms with Crippen LogP contribution in [0.2, 0.25) is 0 Å². The predicted molar refractivity (Wildman–Crippen MR) is 175 cm³/mol. The van der Waals surface area contributed by atoms with Crippen LogP contribution in [0.15, 0.2) is 12.4 Å². The van der Waals surface area contributed by atoms with Gasteiger partial charge in [-0.15, -0.1) is 0 Å². The highest BCUT2D eigenvalue weighted by Crippen LogP contribution is 2.15. The summed E-state index contributed by atoms with van der Waals surface area (Å²) in [5.41, 5.74) is 0. The number of aryl methyl sites for hydroxylation is 2. The number of rotatable bonds is 31. The molecule has 0 aliphatic heterocycles. The number of hydrogen-bond acceptors (Lipinski definition) is 0. The molecule has 1 aromatic heterocycles.